The summed E-state index contributed by atoms with van der Waals surface area (Å²) in [5.41, 5.74) is 3.37. The van der Waals surface area contributed by atoms with Crippen LogP contribution in [-0.2, 0) is 33.3 Å². The Hall–Kier alpha value is -2.87. The molecule has 1 aliphatic heterocycles. The summed E-state index contributed by atoms with van der Waals surface area (Å²) in [6, 6.07) is 8.38. The largest absolute Gasteiger partial charge is 0.481 e. The number of amides is 1. The fourth-order valence-electron chi connectivity index (χ4n) is 5.13. The number of hydrogen-bond acceptors (Lipinski definition) is 5. The molecule has 0 radical (unpaired) electrons. The Morgan fingerprint density at radius 1 is 1.29 bits per heavy atom. The van der Waals surface area contributed by atoms with Crippen LogP contribution in [0, 0.1) is 11.8 Å². The van der Waals surface area contributed by atoms with Crippen LogP contribution in [0.2, 0.25) is 0 Å². The number of hydrogen-bond donors (Lipinski definition) is 1. The minimum Gasteiger partial charge on any atom is -0.481 e. The maximum atomic E-state index is 12.4. The van der Waals surface area contributed by atoms with Crippen LogP contribution in [0.4, 0.5) is 4.79 Å². The van der Waals surface area contributed by atoms with Gasteiger partial charge in [0.1, 0.15) is 6.61 Å². The van der Waals surface area contributed by atoms with E-state index in [9.17, 15) is 14.7 Å². The van der Waals surface area contributed by atoms with Gasteiger partial charge in [-0.15, -0.1) is 0 Å². The highest BCUT2D eigenvalue weighted by Gasteiger charge is 2.62. The van der Waals surface area contributed by atoms with Crippen molar-refractivity contribution in [1.82, 2.24) is 14.7 Å². The van der Waals surface area contributed by atoms with Crippen LogP contribution in [0.25, 0.3) is 11.1 Å². The van der Waals surface area contributed by atoms with Crippen molar-refractivity contribution in [2.24, 2.45) is 18.9 Å². The number of aromatic nitrogens is 2. The quantitative estimate of drug-likeness (QED) is 0.560. The van der Waals surface area contributed by atoms with Gasteiger partial charge in [0.05, 0.1) is 30.5 Å². The van der Waals surface area contributed by atoms with E-state index in [1.807, 2.05) is 7.05 Å². The number of ether oxygens (including phenoxy) is 2. The summed E-state index contributed by atoms with van der Waals surface area (Å²) in [5, 5.41) is 13.6. The van der Waals surface area contributed by atoms with Crippen molar-refractivity contribution in [3.63, 3.8) is 0 Å². The maximum absolute atomic E-state index is 12.4. The topological polar surface area (TPSA) is 93.9 Å². The van der Waals surface area contributed by atoms with Gasteiger partial charge in [-0.1, -0.05) is 45.0 Å². The fourth-order valence-corrected chi connectivity index (χ4v) is 5.13. The van der Waals surface area contributed by atoms with Crippen LogP contribution in [0.1, 0.15) is 57.7 Å². The molecule has 1 amide bonds. The molecule has 1 aromatic heterocycles. The molecule has 1 aromatic carbocycles. The second kappa shape index (κ2) is 9.64. The van der Waals surface area contributed by atoms with Gasteiger partial charge in [-0.2, -0.15) is 5.10 Å². The number of rotatable bonds is 9. The van der Waals surface area contributed by atoms with E-state index in [-0.39, 0.29) is 24.5 Å². The first kappa shape index (κ1) is 25.2. The lowest BCUT2D eigenvalue weighted by atomic mass is 9.76. The summed E-state index contributed by atoms with van der Waals surface area (Å²) in [5.74, 6) is 0.0341. The third-order valence-corrected chi connectivity index (χ3v) is 7.64. The van der Waals surface area contributed by atoms with Gasteiger partial charge in [0.2, 0.25) is 0 Å². The molecule has 8 heteroatoms. The van der Waals surface area contributed by atoms with Gasteiger partial charge in [0, 0.05) is 31.6 Å². The van der Waals surface area contributed by atoms with Crippen molar-refractivity contribution in [3.05, 3.63) is 41.7 Å². The predicted octanol–water partition coefficient (Wildman–Crippen LogP) is 4.61. The first-order valence-corrected chi connectivity index (χ1v) is 12.4. The Balaban J connectivity index is 1.41. The number of fused-ring (bicyclic) bond motifs is 1. The number of carbonyl (C=O) groups is 2. The van der Waals surface area contributed by atoms with Gasteiger partial charge in [0.15, 0.2) is 0 Å². The Bertz CT molecular complexity index is 1080. The van der Waals surface area contributed by atoms with E-state index in [2.05, 4.69) is 50.1 Å². The summed E-state index contributed by atoms with van der Waals surface area (Å²) in [7, 11) is 3.61. The summed E-state index contributed by atoms with van der Waals surface area (Å²) in [6.45, 7) is 7.79. The van der Waals surface area contributed by atoms with Crippen molar-refractivity contribution in [2.75, 3.05) is 20.2 Å². The molecule has 1 saturated carbocycles. The Kier molecular flexibility index (Phi) is 6.95. The first-order chi connectivity index (χ1) is 16.5. The van der Waals surface area contributed by atoms with Crippen molar-refractivity contribution >= 4 is 12.1 Å². The van der Waals surface area contributed by atoms with E-state index in [1.165, 1.54) is 5.56 Å². The number of nitrogens with zero attached hydrogens (tertiary/aromatic N) is 3. The molecule has 3 atom stereocenters. The highest BCUT2D eigenvalue weighted by Crippen LogP contribution is 2.59. The smallest absolute Gasteiger partial charge is 0.409 e. The molecule has 0 spiro atoms. The summed E-state index contributed by atoms with van der Waals surface area (Å²) in [6.07, 6.45) is 4.25. The number of carboxylic acid groups (broad SMARTS) is 1. The first-order valence-electron chi connectivity index (χ1n) is 12.4. The number of carboxylic acids is 1. The maximum Gasteiger partial charge on any atom is 0.409 e. The number of aliphatic carboxylic acids is 1. The molecular weight excluding hydrogens is 446 g/mol. The monoisotopic (exact) mass is 483 g/mol. The average Bonchev–Trinajstić information content (AvgIpc) is 3.37. The zero-order chi connectivity index (χ0) is 25.4. The molecular formula is C27H37N3O5. The molecule has 2 aromatic rings. The molecule has 2 heterocycles. The molecule has 4 rings (SSSR count). The summed E-state index contributed by atoms with van der Waals surface area (Å²) >= 11 is 0. The fraction of sp³-hybridized carbons (Fsp3) is 0.593. The second-order valence-electron chi connectivity index (χ2n) is 11.0. The van der Waals surface area contributed by atoms with Gasteiger partial charge in [-0.05, 0) is 42.2 Å². The Morgan fingerprint density at radius 2 is 2.00 bits per heavy atom. The molecule has 2 aliphatic rings. The van der Waals surface area contributed by atoms with E-state index >= 15 is 0 Å². The van der Waals surface area contributed by atoms with Crippen LogP contribution in [-0.4, -0.2) is 57.6 Å². The number of benzene rings is 1. The number of aryl methyl sites for hydroxylation is 1. The average molecular weight is 484 g/mol. The summed E-state index contributed by atoms with van der Waals surface area (Å²) in [4.78, 5) is 25.2. The van der Waals surface area contributed by atoms with E-state index < -0.39 is 11.6 Å². The molecule has 0 bridgehead atoms. The van der Waals surface area contributed by atoms with Crippen LogP contribution in [0.3, 0.4) is 0 Å². The zero-order valence-electron chi connectivity index (χ0n) is 21.4. The molecule has 3 unspecified atom stereocenters. The van der Waals surface area contributed by atoms with Crippen molar-refractivity contribution in [1.29, 1.82) is 0 Å². The van der Waals surface area contributed by atoms with Crippen LogP contribution in [0.5, 0.6) is 0 Å². The lowest BCUT2D eigenvalue weighted by Crippen LogP contribution is -2.39. The molecule has 35 heavy (non-hydrogen) atoms. The van der Waals surface area contributed by atoms with Gasteiger partial charge in [-0.25, -0.2) is 4.79 Å². The van der Waals surface area contributed by atoms with Crippen molar-refractivity contribution in [2.45, 2.75) is 64.1 Å². The molecule has 1 N–H and O–H groups in total. The van der Waals surface area contributed by atoms with Crippen LogP contribution in [0.15, 0.2) is 30.5 Å². The predicted molar refractivity (Wildman–Crippen MR) is 132 cm³/mol. The SMILES string of the molecule is CC(C)CCN(C)C(=O)OCc1c(-c2ccc(C3(C)COC4(CC(=O)O)CC4C3)cc2)cnn1C. The third kappa shape index (κ3) is 5.37. The zero-order valence-corrected chi connectivity index (χ0v) is 21.4. The van der Waals surface area contributed by atoms with E-state index in [0.717, 1.165) is 36.1 Å². The Morgan fingerprint density at radius 3 is 2.63 bits per heavy atom. The van der Waals surface area contributed by atoms with Gasteiger partial charge in [-0.3, -0.25) is 9.48 Å². The third-order valence-electron chi connectivity index (χ3n) is 7.64. The van der Waals surface area contributed by atoms with Gasteiger partial charge >= 0.3 is 12.1 Å². The highest BCUT2D eigenvalue weighted by atomic mass is 16.6. The van der Waals surface area contributed by atoms with E-state index in [4.69, 9.17) is 9.47 Å². The molecule has 190 valence electrons. The van der Waals surface area contributed by atoms with E-state index in [0.29, 0.717) is 25.0 Å². The van der Waals surface area contributed by atoms with Crippen molar-refractivity contribution in [3.8, 4) is 11.1 Å². The normalized spacial score (nSPS) is 25.3. The van der Waals surface area contributed by atoms with Crippen LogP contribution < -0.4 is 0 Å². The number of carbonyl (C=O) groups excluding carboxylic acids is 1. The molecule has 2 fully saturated rings. The summed E-state index contributed by atoms with van der Waals surface area (Å²) < 4.78 is 13.4. The van der Waals surface area contributed by atoms with Crippen molar-refractivity contribution < 1.29 is 24.2 Å². The van der Waals surface area contributed by atoms with Crippen LogP contribution >= 0.6 is 0 Å². The lowest BCUT2D eigenvalue weighted by Gasteiger charge is -2.37. The standard InChI is InChI=1S/C27H37N3O5/c1-18(2)10-11-29(4)25(33)34-16-23-22(15-28-30(23)5)19-6-8-20(9-7-19)26(3)12-21-13-27(21,35-17-26)14-24(31)32/h6-9,15,18,21H,10-14,16-17H2,1-5H3,(H,31,32). The van der Waals surface area contributed by atoms with E-state index in [1.54, 1.807) is 22.8 Å². The lowest BCUT2D eigenvalue weighted by molar-refractivity contribution is -0.143. The molecule has 1 saturated heterocycles. The minimum absolute atomic E-state index is 0.0918. The molecule has 8 nitrogen and oxygen atoms in total. The van der Waals surface area contributed by atoms with Gasteiger partial charge < -0.3 is 19.5 Å². The second-order valence-corrected chi connectivity index (χ2v) is 11.0. The minimum atomic E-state index is -0.791. The Labute approximate surface area is 207 Å². The van der Waals surface area contributed by atoms with Gasteiger partial charge in [0.25, 0.3) is 0 Å². The highest BCUT2D eigenvalue weighted by molar-refractivity contribution is 5.70. The molecule has 1 aliphatic carbocycles.